The normalized spacial score (nSPS) is 11.6. The number of para-hydroxylation sites is 1. The SMILES string of the molecule is COc1ccc(S(=O)(=O)Nc2ccccc2Cl)cc1NS(=O)(=O)c1ccc([N+](=O)[O-])cc1. The summed E-state index contributed by atoms with van der Waals surface area (Å²) in [5.74, 6) is 0.0622. The van der Waals surface area contributed by atoms with Crippen LogP contribution in [-0.4, -0.2) is 28.9 Å². The van der Waals surface area contributed by atoms with Crippen molar-refractivity contribution >= 4 is 48.7 Å². The molecule has 3 aromatic carbocycles. The summed E-state index contributed by atoms with van der Waals surface area (Å²) in [6, 6.07) is 14.0. The molecule has 2 N–H and O–H groups in total. The molecule has 0 radical (unpaired) electrons. The first-order valence-electron chi connectivity index (χ1n) is 8.76. The molecule has 0 saturated carbocycles. The van der Waals surface area contributed by atoms with Gasteiger partial charge in [0.15, 0.2) is 0 Å². The smallest absolute Gasteiger partial charge is 0.269 e. The fourth-order valence-corrected chi connectivity index (χ4v) is 5.04. The van der Waals surface area contributed by atoms with Crippen LogP contribution in [0.2, 0.25) is 5.02 Å². The van der Waals surface area contributed by atoms with Crippen LogP contribution in [0.5, 0.6) is 5.75 Å². The van der Waals surface area contributed by atoms with Gasteiger partial charge >= 0.3 is 0 Å². The van der Waals surface area contributed by atoms with Crippen LogP contribution in [0.3, 0.4) is 0 Å². The predicted molar refractivity (Wildman–Crippen MR) is 119 cm³/mol. The molecule has 3 rings (SSSR count). The van der Waals surface area contributed by atoms with E-state index < -0.39 is 25.0 Å². The van der Waals surface area contributed by atoms with Gasteiger partial charge in [-0.1, -0.05) is 23.7 Å². The Morgan fingerprint density at radius 3 is 2.00 bits per heavy atom. The summed E-state index contributed by atoms with van der Waals surface area (Å²) in [6.45, 7) is 0. The summed E-state index contributed by atoms with van der Waals surface area (Å²) in [5, 5.41) is 11.0. The summed E-state index contributed by atoms with van der Waals surface area (Å²) < 4.78 is 60.8. The number of nitro benzene ring substituents is 1. The Bertz CT molecular complexity index is 1380. The number of nitro groups is 1. The fourth-order valence-electron chi connectivity index (χ4n) is 2.63. The van der Waals surface area contributed by atoms with Gasteiger partial charge in [-0.2, -0.15) is 0 Å². The van der Waals surface area contributed by atoms with E-state index >= 15 is 0 Å². The highest BCUT2D eigenvalue weighted by atomic mass is 35.5. The van der Waals surface area contributed by atoms with E-state index in [9.17, 15) is 26.9 Å². The van der Waals surface area contributed by atoms with Crippen LogP contribution in [-0.2, 0) is 20.0 Å². The summed E-state index contributed by atoms with van der Waals surface area (Å²) in [5.41, 5.74) is -0.272. The second-order valence-electron chi connectivity index (χ2n) is 6.30. The second kappa shape index (κ2) is 9.02. The molecular formula is C19H16ClN3O7S2. The van der Waals surface area contributed by atoms with Crippen molar-refractivity contribution in [3.05, 3.63) is 81.9 Å². The Morgan fingerprint density at radius 2 is 1.41 bits per heavy atom. The summed E-state index contributed by atoms with van der Waals surface area (Å²) in [6.07, 6.45) is 0. The number of hydrogen-bond donors (Lipinski definition) is 2. The molecule has 32 heavy (non-hydrogen) atoms. The van der Waals surface area contributed by atoms with E-state index in [2.05, 4.69) is 9.44 Å². The highest BCUT2D eigenvalue weighted by molar-refractivity contribution is 7.93. The van der Waals surface area contributed by atoms with Gasteiger partial charge in [0.05, 0.1) is 38.2 Å². The van der Waals surface area contributed by atoms with Crippen LogP contribution in [0, 0.1) is 10.1 Å². The second-order valence-corrected chi connectivity index (χ2v) is 10.1. The minimum Gasteiger partial charge on any atom is -0.495 e. The quantitative estimate of drug-likeness (QED) is 0.355. The average Bonchev–Trinajstić information content (AvgIpc) is 2.75. The molecule has 0 amide bonds. The molecule has 0 spiro atoms. The Kier molecular flexibility index (Phi) is 6.57. The van der Waals surface area contributed by atoms with E-state index in [0.717, 1.165) is 30.3 Å². The van der Waals surface area contributed by atoms with Crippen LogP contribution in [0.15, 0.2) is 76.5 Å². The molecule has 0 bridgehead atoms. The van der Waals surface area contributed by atoms with Gasteiger partial charge in [-0.15, -0.1) is 0 Å². The summed E-state index contributed by atoms with van der Waals surface area (Å²) in [4.78, 5) is 9.61. The lowest BCUT2D eigenvalue weighted by Gasteiger charge is -2.15. The molecule has 13 heteroatoms. The molecule has 0 fully saturated rings. The van der Waals surface area contributed by atoms with Gasteiger partial charge in [-0.3, -0.25) is 19.6 Å². The number of halogens is 1. The number of anilines is 2. The van der Waals surface area contributed by atoms with Crippen LogP contribution >= 0.6 is 11.6 Å². The van der Waals surface area contributed by atoms with Gasteiger partial charge in [-0.25, -0.2) is 16.8 Å². The van der Waals surface area contributed by atoms with E-state index in [4.69, 9.17) is 16.3 Å². The molecule has 0 unspecified atom stereocenters. The molecule has 0 aromatic heterocycles. The molecular weight excluding hydrogens is 482 g/mol. The van der Waals surface area contributed by atoms with Crippen LogP contribution < -0.4 is 14.2 Å². The van der Waals surface area contributed by atoms with Crippen molar-refractivity contribution < 1.29 is 26.5 Å². The van der Waals surface area contributed by atoms with E-state index in [-0.39, 0.29) is 37.6 Å². The molecule has 0 saturated heterocycles. The number of non-ortho nitro benzene ring substituents is 1. The van der Waals surface area contributed by atoms with Gasteiger partial charge in [-0.05, 0) is 42.5 Å². The first-order chi connectivity index (χ1) is 15.0. The van der Waals surface area contributed by atoms with Gasteiger partial charge in [0, 0.05) is 12.1 Å². The number of nitrogens with zero attached hydrogens (tertiary/aromatic N) is 1. The highest BCUT2D eigenvalue weighted by Gasteiger charge is 2.22. The minimum absolute atomic E-state index is 0.0622. The number of ether oxygens (including phenoxy) is 1. The number of sulfonamides is 2. The van der Waals surface area contributed by atoms with Crippen molar-refractivity contribution in [1.82, 2.24) is 0 Å². The van der Waals surface area contributed by atoms with Crippen molar-refractivity contribution in [2.45, 2.75) is 9.79 Å². The first kappa shape index (κ1) is 23.3. The van der Waals surface area contributed by atoms with Crippen LogP contribution in [0.25, 0.3) is 0 Å². The standard InChI is InChI=1S/C19H16ClN3O7S2/c1-30-19-11-10-15(32(28,29)21-17-5-3-2-4-16(17)20)12-18(19)22-31(26,27)14-8-6-13(7-9-14)23(24)25/h2-12,21-22H,1H3. The van der Waals surface area contributed by atoms with E-state index in [1.54, 1.807) is 12.1 Å². The zero-order chi connectivity index (χ0) is 23.5. The van der Waals surface area contributed by atoms with E-state index in [1.807, 2.05) is 0 Å². The highest BCUT2D eigenvalue weighted by Crippen LogP contribution is 2.31. The van der Waals surface area contributed by atoms with Crippen molar-refractivity contribution in [3.8, 4) is 5.75 Å². The summed E-state index contributed by atoms with van der Waals surface area (Å²) in [7, 11) is -7.04. The maximum absolute atomic E-state index is 12.8. The number of benzene rings is 3. The molecule has 0 aliphatic carbocycles. The van der Waals surface area contributed by atoms with Crippen molar-refractivity contribution in [3.63, 3.8) is 0 Å². The molecule has 10 nitrogen and oxygen atoms in total. The predicted octanol–water partition coefficient (Wildman–Crippen LogP) is 3.86. The van der Waals surface area contributed by atoms with Gasteiger partial charge in [0.25, 0.3) is 25.7 Å². The average molecular weight is 498 g/mol. The van der Waals surface area contributed by atoms with Crippen molar-refractivity contribution in [2.24, 2.45) is 0 Å². The summed E-state index contributed by atoms with van der Waals surface area (Å²) >= 11 is 6.00. The van der Waals surface area contributed by atoms with Gasteiger partial charge in [0.1, 0.15) is 5.75 Å². The maximum atomic E-state index is 12.8. The Balaban J connectivity index is 1.95. The number of rotatable bonds is 8. The molecule has 0 atom stereocenters. The Labute approximate surface area is 189 Å². The van der Waals surface area contributed by atoms with Gasteiger partial charge < -0.3 is 4.74 Å². The topological polar surface area (TPSA) is 145 Å². The number of nitrogens with one attached hydrogen (secondary N) is 2. The lowest BCUT2D eigenvalue weighted by molar-refractivity contribution is -0.384. The lowest BCUT2D eigenvalue weighted by Crippen LogP contribution is -2.16. The number of methoxy groups -OCH3 is 1. The van der Waals surface area contributed by atoms with E-state index in [1.165, 1.54) is 31.4 Å². The largest absolute Gasteiger partial charge is 0.495 e. The molecule has 3 aromatic rings. The molecule has 0 heterocycles. The Hall–Kier alpha value is -3.35. The monoisotopic (exact) mass is 497 g/mol. The first-order valence-corrected chi connectivity index (χ1v) is 12.1. The van der Waals surface area contributed by atoms with Gasteiger partial charge in [0.2, 0.25) is 0 Å². The maximum Gasteiger partial charge on any atom is 0.269 e. The molecule has 0 aliphatic heterocycles. The molecule has 0 aliphatic rings. The zero-order valence-corrected chi connectivity index (χ0v) is 18.7. The Morgan fingerprint density at radius 1 is 0.844 bits per heavy atom. The lowest BCUT2D eigenvalue weighted by atomic mass is 10.3. The van der Waals surface area contributed by atoms with Crippen molar-refractivity contribution in [1.29, 1.82) is 0 Å². The van der Waals surface area contributed by atoms with Crippen LogP contribution in [0.1, 0.15) is 0 Å². The third kappa shape index (κ3) is 5.10. The third-order valence-corrected chi connectivity index (χ3v) is 7.28. The van der Waals surface area contributed by atoms with Crippen molar-refractivity contribution in [2.75, 3.05) is 16.6 Å². The minimum atomic E-state index is -4.21. The number of hydrogen-bond acceptors (Lipinski definition) is 7. The van der Waals surface area contributed by atoms with E-state index in [0.29, 0.717) is 0 Å². The fraction of sp³-hybridized carbons (Fsp3) is 0.0526. The van der Waals surface area contributed by atoms with Crippen LogP contribution in [0.4, 0.5) is 17.1 Å². The molecule has 168 valence electrons. The third-order valence-electron chi connectivity index (χ3n) is 4.20. The zero-order valence-electron chi connectivity index (χ0n) is 16.4.